The van der Waals surface area contributed by atoms with Crippen LogP contribution in [0, 0.1) is 0 Å². The van der Waals surface area contributed by atoms with Crippen molar-refractivity contribution in [1.82, 2.24) is 15.7 Å². The topological polar surface area (TPSA) is 86.7 Å². The predicted octanol–water partition coefficient (Wildman–Crippen LogP) is 1.03. The van der Waals surface area contributed by atoms with Gasteiger partial charge in [-0.3, -0.25) is 14.6 Å². The second-order valence-electron chi connectivity index (χ2n) is 5.20. The van der Waals surface area contributed by atoms with Crippen molar-refractivity contribution in [3.05, 3.63) is 59.9 Å². The maximum atomic E-state index is 11.8. The van der Waals surface area contributed by atoms with Crippen molar-refractivity contribution >= 4 is 23.7 Å². The van der Waals surface area contributed by atoms with Gasteiger partial charge in [0.25, 0.3) is 11.8 Å². The molecule has 0 bridgehead atoms. The van der Waals surface area contributed by atoms with E-state index >= 15 is 0 Å². The molecular formula is C17H19N5O2. The van der Waals surface area contributed by atoms with E-state index < -0.39 is 5.91 Å². The molecule has 7 heteroatoms. The van der Waals surface area contributed by atoms with E-state index in [4.69, 9.17) is 0 Å². The number of hydrogen-bond acceptors (Lipinski definition) is 5. The molecule has 7 nitrogen and oxygen atoms in total. The van der Waals surface area contributed by atoms with Gasteiger partial charge in [0.1, 0.15) is 0 Å². The number of aromatic nitrogens is 1. The van der Waals surface area contributed by atoms with E-state index in [1.807, 2.05) is 43.3 Å². The third kappa shape index (κ3) is 5.20. The number of amides is 2. The lowest BCUT2D eigenvalue weighted by atomic mass is 10.2. The first-order valence-corrected chi connectivity index (χ1v) is 7.34. The summed E-state index contributed by atoms with van der Waals surface area (Å²) in [7, 11) is 3.92. The zero-order valence-electron chi connectivity index (χ0n) is 13.6. The average Bonchev–Trinajstić information content (AvgIpc) is 2.61. The first-order chi connectivity index (χ1) is 11.6. The molecule has 1 aromatic heterocycles. The standard InChI is InChI=1S/C17H19N5O2/c1-22(2)15-5-3-13(4-6-15)11-20-21-16(23)12-19-17(24)14-7-9-18-10-8-14/h3-11H,12H2,1-2H3,(H,19,24)(H,21,23)/b20-11-. The molecule has 124 valence electrons. The number of carbonyl (C=O) groups excluding carboxylic acids is 2. The van der Waals surface area contributed by atoms with Crippen LogP contribution in [0.1, 0.15) is 15.9 Å². The molecule has 0 fully saturated rings. The van der Waals surface area contributed by atoms with Crippen LogP contribution in [0.25, 0.3) is 0 Å². The monoisotopic (exact) mass is 325 g/mol. The summed E-state index contributed by atoms with van der Waals surface area (Å²) in [6, 6.07) is 10.9. The summed E-state index contributed by atoms with van der Waals surface area (Å²) < 4.78 is 0. The number of anilines is 1. The summed E-state index contributed by atoms with van der Waals surface area (Å²) in [6.45, 7) is -0.155. The Morgan fingerprint density at radius 1 is 1.12 bits per heavy atom. The van der Waals surface area contributed by atoms with Crippen LogP contribution in [0.2, 0.25) is 0 Å². The van der Waals surface area contributed by atoms with Crippen molar-refractivity contribution in [3.8, 4) is 0 Å². The van der Waals surface area contributed by atoms with Crippen molar-refractivity contribution in [2.24, 2.45) is 5.10 Å². The minimum atomic E-state index is -0.404. The van der Waals surface area contributed by atoms with E-state index in [1.54, 1.807) is 18.3 Å². The van der Waals surface area contributed by atoms with Gasteiger partial charge in [-0.2, -0.15) is 5.10 Å². The van der Waals surface area contributed by atoms with Gasteiger partial charge >= 0.3 is 0 Å². The fraction of sp³-hybridized carbons (Fsp3) is 0.176. The highest BCUT2D eigenvalue weighted by Gasteiger charge is 2.06. The van der Waals surface area contributed by atoms with Gasteiger partial charge in [-0.15, -0.1) is 0 Å². The minimum Gasteiger partial charge on any atom is -0.378 e. The van der Waals surface area contributed by atoms with E-state index in [9.17, 15) is 9.59 Å². The molecule has 2 rings (SSSR count). The van der Waals surface area contributed by atoms with Crippen LogP contribution in [0.15, 0.2) is 53.9 Å². The van der Waals surface area contributed by atoms with Gasteiger partial charge in [0.15, 0.2) is 0 Å². The molecule has 0 spiro atoms. The molecule has 2 N–H and O–H groups in total. The molecule has 0 aliphatic heterocycles. The van der Waals surface area contributed by atoms with Crippen LogP contribution in [0.5, 0.6) is 0 Å². The fourth-order valence-corrected chi connectivity index (χ4v) is 1.84. The summed E-state index contributed by atoms with van der Waals surface area (Å²) in [5.41, 5.74) is 4.76. The summed E-state index contributed by atoms with van der Waals surface area (Å²) in [5, 5.41) is 6.38. The van der Waals surface area contributed by atoms with Gasteiger partial charge in [0.2, 0.25) is 0 Å². The summed E-state index contributed by atoms with van der Waals surface area (Å²) in [6.07, 6.45) is 4.57. The van der Waals surface area contributed by atoms with Gasteiger partial charge in [-0.1, -0.05) is 12.1 Å². The van der Waals surface area contributed by atoms with Crippen LogP contribution in [-0.2, 0) is 4.79 Å². The largest absolute Gasteiger partial charge is 0.378 e. The van der Waals surface area contributed by atoms with Gasteiger partial charge in [-0.05, 0) is 29.8 Å². The van der Waals surface area contributed by atoms with Gasteiger partial charge in [0, 0.05) is 37.7 Å². The van der Waals surface area contributed by atoms with Crippen molar-refractivity contribution in [2.45, 2.75) is 0 Å². The molecule has 0 radical (unpaired) electrons. The summed E-state index contributed by atoms with van der Waals surface area (Å²) in [5.74, 6) is -0.741. The third-order valence-electron chi connectivity index (χ3n) is 3.16. The van der Waals surface area contributed by atoms with Gasteiger partial charge in [0.05, 0.1) is 12.8 Å². The molecule has 0 saturated heterocycles. The number of hydrazone groups is 1. The lowest BCUT2D eigenvalue weighted by molar-refractivity contribution is -0.120. The Labute approximate surface area is 140 Å². The summed E-state index contributed by atoms with van der Waals surface area (Å²) in [4.78, 5) is 29.2. The smallest absolute Gasteiger partial charge is 0.259 e. The van der Waals surface area contributed by atoms with E-state index in [0.717, 1.165) is 11.3 Å². The van der Waals surface area contributed by atoms with E-state index in [2.05, 4.69) is 20.8 Å². The Morgan fingerprint density at radius 2 is 1.79 bits per heavy atom. The van der Waals surface area contributed by atoms with E-state index in [1.165, 1.54) is 12.4 Å². The molecule has 1 heterocycles. The molecule has 24 heavy (non-hydrogen) atoms. The predicted molar refractivity (Wildman–Crippen MR) is 93.1 cm³/mol. The van der Waals surface area contributed by atoms with Crippen LogP contribution < -0.4 is 15.6 Å². The van der Waals surface area contributed by atoms with E-state index in [0.29, 0.717) is 5.56 Å². The second-order valence-corrected chi connectivity index (χ2v) is 5.20. The fourth-order valence-electron chi connectivity index (χ4n) is 1.84. The highest BCUT2D eigenvalue weighted by molar-refractivity contribution is 5.96. The first-order valence-electron chi connectivity index (χ1n) is 7.34. The van der Waals surface area contributed by atoms with Crippen molar-refractivity contribution in [3.63, 3.8) is 0 Å². The Hall–Kier alpha value is -3.22. The molecule has 0 aliphatic carbocycles. The maximum absolute atomic E-state index is 11.8. The number of nitrogens with zero attached hydrogens (tertiary/aromatic N) is 3. The summed E-state index contributed by atoms with van der Waals surface area (Å²) >= 11 is 0. The lowest BCUT2D eigenvalue weighted by Gasteiger charge is -2.11. The quantitative estimate of drug-likeness (QED) is 0.613. The Kier molecular flexibility index (Phi) is 6.01. The van der Waals surface area contributed by atoms with Crippen LogP contribution in [0.4, 0.5) is 5.69 Å². The molecule has 0 unspecified atom stereocenters. The van der Waals surface area contributed by atoms with Crippen LogP contribution in [0.3, 0.4) is 0 Å². The molecule has 2 aromatic rings. The number of pyridine rings is 1. The second kappa shape index (κ2) is 8.42. The Bertz CT molecular complexity index is 712. The third-order valence-corrected chi connectivity index (χ3v) is 3.16. The zero-order valence-corrected chi connectivity index (χ0v) is 13.6. The highest BCUT2D eigenvalue weighted by atomic mass is 16.2. The number of benzene rings is 1. The van der Waals surface area contributed by atoms with Crippen molar-refractivity contribution in [1.29, 1.82) is 0 Å². The van der Waals surface area contributed by atoms with Crippen molar-refractivity contribution < 1.29 is 9.59 Å². The van der Waals surface area contributed by atoms with Crippen LogP contribution >= 0.6 is 0 Å². The number of carbonyl (C=O) groups is 2. The molecule has 0 aliphatic rings. The van der Waals surface area contributed by atoms with E-state index in [-0.39, 0.29) is 12.5 Å². The molecule has 2 amide bonds. The number of hydrogen-bond donors (Lipinski definition) is 2. The Morgan fingerprint density at radius 3 is 2.42 bits per heavy atom. The SMILES string of the molecule is CN(C)c1ccc(/C=N\NC(=O)CNC(=O)c2ccncc2)cc1. The van der Waals surface area contributed by atoms with Crippen LogP contribution in [-0.4, -0.2) is 43.7 Å². The van der Waals surface area contributed by atoms with Gasteiger partial charge in [-0.25, -0.2) is 5.43 Å². The lowest BCUT2D eigenvalue weighted by Crippen LogP contribution is -2.34. The maximum Gasteiger partial charge on any atom is 0.259 e. The zero-order chi connectivity index (χ0) is 17.4. The molecule has 1 aromatic carbocycles. The molecular weight excluding hydrogens is 306 g/mol. The molecule has 0 saturated carbocycles. The normalized spacial score (nSPS) is 10.4. The molecule has 0 atom stereocenters. The van der Waals surface area contributed by atoms with Gasteiger partial charge < -0.3 is 10.2 Å². The van der Waals surface area contributed by atoms with Crippen molar-refractivity contribution in [2.75, 3.05) is 25.5 Å². The average molecular weight is 325 g/mol. The minimum absolute atomic E-state index is 0.155. The first kappa shape index (κ1) is 17.1. The number of nitrogens with one attached hydrogen (secondary N) is 2. The Balaban J connectivity index is 1.77. The number of rotatable bonds is 6. The highest BCUT2D eigenvalue weighted by Crippen LogP contribution is 2.10.